The molecule has 0 amide bonds. The minimum absolute atomic E-state index is 0.422. The molecule has 1 fully saturated rings. The second kappa shape index (κ2) is 4.48. The van der Waals surface area contributed by atoms with Gasteiger partial charge in [0.1, 0.15) is 11.0 Å². The highest BCUT2D eigenvalue weighted by molar-refractivity contribution is 6.29. The lowest BCUT2D eigenvalue weighted by molar-refractivity contribution is 0.652. The Labute approximate surface area is 96.1 Å². The van der Waals surface area contributed by atoms with Crippen LogP contribution >= 0.6 is 11.6 Å². The number of hydrogen-bond acceptors (Lipinski definition) is 2. The maximum Gasteiger partial charge on any atom is 0.133 e. The minimum Gasteiger partial charge on any atom is -0.237 e. The van der Waals surface area contributed by atoms with E-state index >= 15 is 0 Å². The molecule has 1 heterocycles. The van der Waals surface area contributed by atoms with Crippen LogP contribution in [-0.4, -0.2) is 9.97 Å². The van der Waals surface area contributed by atoms with Gasteiger partial charge in [0.05, 0.1) is 0 Å². The molecule has 1 aliphatic rings. The first-order valence-corrected chi connectivity index (χ1v) is 6.09. The fourth-order valence-electron chi connectivity index (χ4n) is 2.12. The van der Waals surface area contributed by atoms with E-state index in [4.69, 9.17) is 11.6 Å². The van der Waals surface area contributed by atoms with Crippen LogP contribution < -0.4 is 0 Å². The van der Waals surface area contributed by atoms with Crippen molar-refractivity contribution in [2.24, 2.45) is 0 Å². The summed E-state index contributed by atoms with van der Waals surface area (Å²) in [6, 6.07) is 1.88. The molecule has 0 aliphatic heterocycles. The van der Waals surface area contributed by atoms with E-state index in [1.54, 1.807) is 0 Å². The van der Waals surface area contributed by atoms with E-state index in [0.717, 1.165) is 11.5 Å². The van der Waals surface area contributed by atoms with Crippen molar-refractivity contribution in [2.45, 2.75) is 51.4 Å². The molecule has 2 rings (SSSR count). The van der Waals surface area contributed by atoms with E-state index in [1.165, 1.54) is 25.7 Å². The zero-order valence-electron chi connectivity index (χ0n) is 9.33. The summed E-state index contributed by atoms with van der Waals surface area (Å²) >= 11 is 6.02. The maximum atomic E-state index is 6.02. The van der Waals surface area contributed by atoms with Crippen molar-refractivity contribution in [3.8, 4) is 0 Å². The predicted molar refractivity (Wildman–Crippen MR) is 62.3 cm³/mol. The topological polar surface area (TPSA) is 25.8 Å². The third-order valence-corrected chi connectivity index (χ3v) is 3.24. The summed E-state index contributed by atoms with van der Waals surface area (Å²) in [5.74, 6) is 1.93. The monoisotopic (exact) mass is 224 g/mol. The predicted octanol–water partition coefficient (Wildman–Crippen LogP) is 3.91. The minimum atomic E-state index is 0.422. The van der Waals surface area contributed by atoms with Gasteiger partial charge in [0.2, 0.25) is 0 Å². The van der Waals surface area contributed by atoms with Crippen LogP contribution in [0.2, 0.25) is 5.15 Å². The largest absolute Gasteiger partial charge is 0.237 e. The fraction of sp³-hybridized carbons (Fsp3) is 0.667. The molecule has 0 radical (unpaired) electrons. The highest BCUT2D eigenvalue weighted by atomic mass is 35.5. The molecule has 1 saturated carbocycles. The molecule has 0 unspecified atom stereocenters. The summed E-state index contributed by atoms with van der Waals surface area (Å²) in [6.07, 6.45) is 5.05. The van der Waals surface area contributed by atoms with Gasteiger partial charge in [-0.25, -0.2) is 9.97 Å². The number of halogens is 1. The van der Waals surface area contributed by atoms with Gasteiger partial charge in [-0.05, 0) is 24.8 Å². The van der Waals surface area contributed by atoms with Crippen molar-refractivity contribution in [2.75, 3.05) is 0 Å². The van der Waals surface area contributed by atoms with Crippen LogP contribution in [0, 0.1) is 0 Å². The molecule has 0 atom stereocenters. The molecule has 3 heteroatoms. The van der Waals surface area contributed by atoms with Crippen LogP contribution in [0.5, 0.6) is 0 Å². The summed E-state index contributed by atoms with van der Waals surface area (Å²) in [6.45, 7) is 4.27. The third-order valence-electron chi connectivity index (χ3n) is 3.04. The number of aromatic nitrogens is 2. The van der Waals surface area contributed by atoms with Crippen molar-refractivity contribution >= 4 is 11.6 Å². The van der Waals surface area contributed by atoms with Crippen LogP contribution in [0.4, 0.5) is 0 Å². The molecule has 82 valence electrons. The Balaban J connectivity index is 2.30. The number of rotatable bonds is 2. The summed E-state index contributed by atoms with van der Waals surface area (Å²) in [7, 11) is 0. The van der Waals surface area contributed by atoms with E-state index in [0.29, 0.717) is 17.0 Å². The second-order valence-electron chi connectivity index (χ2n) is 4.61. The molecular formula is C12H17ClN2. The molecule has 2 nitrogen and oxygen atoms in total. The van der Waals surface area contributed by atoms with Gasteiger partial charge in [0.25, 0.3) is 0 Å². The van der Waals surface area contributed by atoms with Crippen LogP contribution in [0.15, 0.2) is 6.07 Å². The zero-order valence-corrected chi connectivity index (χ0v) is 10.1. The Bertz CT molecular complexity index is 343. The Hall–Kier alpha value is -0.630. The van der Waals surface area contributed by atoms with Crippen LogP contribution in [0.3, 0.4) is 0 Å². The fourth-order valence-corrected chi connectivity index (χ4v) is 2.31. The Kier molecular flexibility index (Phi) is 3.25. The third kappa shape index (κ3) is 2.49. The highest BCUT2D eigenvalue weighted by Gasteiger charge is 2.21. The molecular weight excluding hydrogens is 208 g/mol. The van der Waals surface area contributed by atoms with Gasteiger partial charge in [0.15, 0.2) is 0 Å². The molecule has 0 saturated heterocycles. The normalized spacial score (nSPS) is 17.6. The van der Waals surface area contributed by atoms with E-state index in [9.17, 15) is 0 Å². The average molecular weight is 225 g/mol. The molecule has 1 aromatic rings. The van der Waals surface area contributed by atoms with E-state index in [-0.39, 0.29) is 0 Å². The quantitative estimate of drug-likeness (QED) is 0.712. The van der Waals surface area contributed by atoms with Crippen molar-refractivity contribution in [3.63, 3.8) is 0 Å². The van der Waals surface area contributed by atoms with Crippen LogP contribution in [0.1, 0.15) is 62.9 Å². The van der Waals surface area contributed by atoms with Crippen molar-refractivity contribution < 1.29 is 0 Å². The van der Waals surface area contributed by atoms with Gasteiger partial charge < -0.3 is 0 Å². The van der Waals surface area contributed by atoms with Crippen LogP contribution in [0.25, 0.3) is 0 Å². The van der Waals surface area contributed by atoms with Gasteiger partial charge >= 0.3 is 0 Å². The van der Waals surface area contributed by atoms with Crippen molar-refractivity contribution in [1.82, 2.24) is 9.97 Å². The first-order chi connectivity index (χ1) is 7.16. The Morgan fingerprint density at radius 3 is 2.53 bits per heavy atom. The average Bonchev–Trinajstić information content (AvgIpc) is 2.69. The summed E-state index contributed by atoms with van der Waals surface area (Å²) < 4.78 is 0. The van der Waals surface area contributed by atoms with E-state index in [2.05, 4.69) is 23.8 Å². The highest BCUT2D eigenvalue weighted by Crippen LogP contribution is 2.33. The van der Waals surface area contributed by atoms with Crippen LogP contribution in [-0.2, 0) is 0 Å². The molecule has 1 aliphatic carbocycles. The lowest BCUT2D eigenvalue weighted by Gasteiger charge is -2.11. The Morgan fingerprint density at radius 2 is 1.93 bits per heavy atom. The molecule has 0 bridgehead atoms. The summed E-state index contributed by atoms with van der Waals surface area (Å²) in [4.78, 5) is 8.97. The second-order valence-corrected chi connectivity index (χ2v) is 5.00. The number of hydrogen-bond donors (Lipinski definition) is 0. The van der Waals surface area contributed by atoms with Gasteiger partial charge in [-0.15, -0.1) is 0 Å². The van der Waals surface area contributed by atoms with E-state index < -0.39 is 0 Å². The van der Waals surface area contributed by atoms with Crippen molar-refractivity contribution in [1.29, 1.82) is 0 Å². The summed E-state index contributed by atoms with van der Waals surface area (Å²) in [5, 5.41) is 0.593. The lowest BCUT2D eigenvalue weighted by atomic mass is 10.1. The van der Waals surface area contributed by atoms with Gasteiger partial charge in [0, 0.05) is 11.6 Å². The maximum absolute atomic E-state index is 6.02. The molecule has 0 N–H and O–H groups in total. The SMILES string of the molecule is CC(C)c1cc(Cl)nc(C2CCCC2)n1. The van der Waals surface area contributed by atoms with Gasteiger partial charge in [-0.2, -0.15) is 0 Å². The van der Waals surface area contributed by atoms with Crippen molar-refractivity contribution in [3.05, 3.63) is 22.7 Å². The summed E-state index contributed by atoms with van der Waals surface area (Å²) in [5.41, 5.74) is 1.07. The first kappa shape index (κ1) is 10.9. The van der Waals surface area contributed by atoms with Gasteiger partial charge in [-0.1, -0.05) is 38.3 Å². The van der Waals surface area contributed by atoms with E-state index in [1.807, 2.05) is 6.07 Å². The number of nitrogens with zero attached hydrogens (tertiary/aromatic N) is 2. The van der Waals surface area contributed by atoms with Gasteiger partial charge in [-0.3, -0.25) is 0 Å². The molecule has 0 aromatic carbocycles. The first-order valence-electron chi connectivity index (χ1n) is 5.71. The molecule has 0 spiro atoms. The Morgan fingerprint density at radius 1 is 1.27 bits per heavy atom. The zero-order chi connectivity index (χ0) is 10.8. The standard InChI is InChI=1S/C12H17ClN2/c1-8(2)10-7-11(13)15-12(14-10)9-5-3-4-6-9/h7-9H,3-6H2,1-2H3. The lowest BCUT2D eigenvalue weighted by Crippen LogP contribution is -2.04. The molecule has 1 aromatic heterocycles. The molecule has 15 heavy (non-hydrogen) atoms. The smallest absolute Gasteiger partial charge is 0.133 e.